The lowest BCUT2D eigenvalue weighted by molar-refractivity contribution is -0.00814. The second-order valence-electron chi connectivity index (χ2n) is 4.58. The van der Waals surface area contributed by atoms with Crippen LogP contribution in [-0.2, 0) is 4.74 Å². The number of halogens is 1. The number of anilines is 1. The summed E-state index contributed by atoms with van der Waals surface area (Å²) in [6.07, 6.45) is 0. The smallest absolute Gasteiger partial charge is 0.254 e. The summed E-state index contributed by atoms with van der Waals surface area (Å²) < 4.78 is 5.50. The van der Waals surface area contributed by atoms with Gasteiger partial charge in [-0.2, -0.15) is 0 Å². The molecule has 1 aromatic carbocycles. The van der Waals surface area contributed by atoms with Crippen LogP contribution in [0, 0.1) is 0 Å². The average molecular weight is 271 g/mol. The van der Waals surface area contributed by atoms with Gasteiger partial charge in [0.2, 0.25) is 0 Å². The monoisotopic (exact) mass is 270 g/mol. The second kappa shape index (κ2) is 6.07. The van der Waals surface area contributed by atoms with Crippen molar-refractivity contribution >= 4 is 23.2 Å². The van der Waals surface area contributed by atoms with Gasteiger partial charge in [-0.15, -0.1) is 0 Å². The van der Waals surface area contributed by atoms with Crippen LogP contribution in [0.4, 0.5) is 5.69 Å². The molecule has 0 bridgehead atoms. The summed E-state index contributed by atoms with van der Waals surface area (Å²) >= 11 is 5.96. The van der Waals surface area contributed by atoms with Crippen LogP contribution in [0.3, 0.4) is 0 Å². The number of carbonyl (C=O) groups is 1. The summed E-state index contributed by atoms with van der Waals surface area (Å²) in [5, 5.41) is 3.13. The minimum absolute atomic E-state index is 0.286. The van der Waals surface area contributed by atoms with Crippen LogP contribution in [0.5, 0.6) is 0 Å². The van der Waals surface area contributed by atoms with Gasteiger partial charge in [-0.3, -0.25) is 4.79 Å². The van der Waals surface area contributed by atoms with E-state index in [-0.39, 0.29) is 5.91 Å². The molecule has 0 saturated carbocycles. The maximum atomic E-state index is 12.0. The zero-order valence-electron chi connectivity index (χ0n) is 10.9. The van der Waals surface area contributed by atoms with Crippen LogP contribution < -0.4 is 11.1 Å². The second-order valence-corrected chi connectivity index (χ2v) is 4.99. The maximum absolute atomic E-state index is 12.0. The summed E-state index contributed by atoms with van der Waals surface area (Å²) in [6.45, 7) is 6.72. The van der Waals surface area contributed by atoms with Crippen molar-refractivity contribution in [1.29, 1.82) is 0 Å². The third-order valence-electron chi connectivity index (χ3n) is 2.48. The molecule has 0 unspecified atom stereocenters. The van der Waals surface area contributed by atoms with Crippen molar-refractivity contribution < 1.29 is 9.53 Å². The number of nitrogens with two attached hydrogens (primary N) is 1. The molecule has 4 nitrogen and oxygen atoms in total. The molecule has 0 aliphatic rings. The van der Waals surface area contributed by atoms with Crippen molar-refractivity contribution in [3.8, 4) is 0 Å². The number of rotatable bonds is 5. The van der Waals surface area contributed by atoms with Gasteiger partial charge in [-0.25, -0.2) is 0 Å². The fraction of sp³-hybridized carbons (Fsp3) is 0.462. The Morgan fingerprint density at radius 2 is 2.17 bits per heavy atom. The van der Waals surface area contributed by atoms with Crippen molar-refractivity contribution in [2.75, 3.05) is 18.9 Å². The highest BCUT2D eigenvalue weighted by Gasteiger charge is 2.20. The third kappa shape index (κ3) is 3.89. The van der Waals surface area contributed by atoms with Gasteiger partial charge in [0.05, 0.1) is 16.2 Å². The van der Waals surface area contributed by atoms with Crippen molar-refractivity contribution in [2.24, 2.45) is 0 Å². The Morgan fingerprint density at radius 3 is 2.72 bits per heavy atom. The van der Waals surface area contributed by atoms with Crippen LogP contribution in [0.2, 0.25) is 5.02 Å². The molecule has 1 aromatic rings. The van der Waals surface area contributed by atoms with Gasteiger partial charge in [0.15, 0.2) is 0 Å². The van der Waals surface area contributed by atoms with E-state index in [0.717, 1.165) is 0 Å². The quantitative estimate of drug-likeness (QED) is 0.808. The third-order valence-corrected chi connectivity index (χ3v) is 2.80. The first-order chi connectivity index (χ1) is 8.37. The number of nitrogen functional groups attached to an aromatic ring is 1. The summed E-state index contributed by atoms with van der Waals surface area (Å²) in [5.41, 5.74) is 6.01. The number of hydrogen-bond acceptors (Lipinski definition) is 3. The zero-order valence-corrected chi connectivity index (χ0v) is 11.7. The number of nitrogens with one attached hydrogen (secondary N) is 1. The molecule has 18 heavy (non-hydrogen) atoms. The van der Waals surface area contributed by atoms with Gasteiger partial charge in [-0.05, 0) is 32.9 Å². The van der Waals surface area contributed by atoms with E-state index in [0.29, 0.717) is 29.4 Å². The molecule has 0 atom stereocenters. The number of ether oxygens (including phenoxy) is 1. The Labute approximate surface area is 112 Å². The van der Waals surface area contributed by atoms with Gasteiger partial charge >= 0.3 is 0 Å². The molecule has 0 spiro atoms. The molecular weight excluding hydrogens is 252 g/mol. The van der Waals surface area contributed by atoms with E-state index < -0.39 is 5.60 Å². The molecule has 5 heteroatoms. The summed E-state index contributed by atoms with van der Waals surface area (Å²) in [5.74, 6) is -0.286. The molecule has 0 fully saturated rings. The van der Waals surface area contributed by atoms with Gasteiger partial charge < -0.3 is 15.8 Å². The maximum Gasteiger partial charge on any atom is 0.254 e. The minimum Gasteiger partial charge on any atom is -0.398 e. The largest absolute Gasteiger partial charge is 0.398 e. The standard InChI is InChI=1S/C13H19ClN2O2/c1-4-18-13(2,3)8-16-12(17)11-9(14)6-5-7-10(11)15/h5-7H,4,8,15H2,1-3H3,(H,16,17). The molecule has 0 aliphatic carbocycles. The Morgan fingerprint density at radius 1 is 1.50 bits per heavy atom. The zero-order chi connectivity index (χ0) is 13.8. The van der Waals surface area contributed by atoms with Crippen LogP contribution in [0.15, 0.2) is 18.2 Å². The van der Waals surface area contributed by atoms with E-state index in [1.54, 1.807) is 18.2 Å². The van der Waals surface area contributed by atoms with Crippen LogP contribution in [0.25, 0.3) is 0 Å². The Kier molecular flexibility index (Phi) is 4.99. The van der Waals surface area contributed by atoms with Gasteiger partial charge in [0.25, 0.3) is 5.91 Å². The number of hydrogen-bond donors (Lipinski definition) is 2. The van der Waals surface area contributed by atoms with E-state index in [1.807, 2.05) is 20.8 Å². The molecular formula is C13H19ClN2O2. The molecule has 0 aliphatic heterocycles. The van der Waals surface area contributed by atoms with Gasteiger partial charge in [0.1, 0.15) is 0 Å². The number of carbonyl (C=O) groups excluding carboxylic acids is 1. The lowest BCUT2D eigenvalue weighted by atomic mass is 10.1. The predicted octanol–water partition coefficient (Wildman–Crippen LogP) is 2.47. The van der Waals surface area contributed by atoms with Crippen molar-refractivity contribution in [2.45, 2.75) is 26.4 Å². The minimum atomic E-state index is -0.416. The van der Waals surface area contributed by atoms with E-state index in [9.17, 15) is 4.79 Å². The van der Waals surface area contributed by atoms with Crippen molar-refractivity contribution in [3.63, 3.8) is 0 Å². The average Bonchev–Trinajstić information content (AvgIpc) is 2.26. The van der Waals surface area contributed by atoms with E-state index in [4.69, 9.17) is 22.1 Å². The van der Waals surface area contributed by atoms with Crippen molar-refractivity contribution in [3.05, 3.63) is 28.8 Å². The van der Waals surface area contributed by atoms with E-state index in [2.05, 4.69) is 5.32 Å². The van der Waals surface area contributed by atoms with E-state index >= 15 is 0 Å². The molecule has 1 amide bonds. The van der Waals surface area contributed by atoms with Crippen LogP contribution >= 0.6 is 11.6 Å². The van der Waals surface area contributed by atoms with E-state index in [1.165, 1.54) is 0 Å². The highest BCUT2D eigenvalue weighted by atomic mass is 35.5. The SMILES string of the molecule is CCOC(C)(C)CNC(=O)c1c(N)cccc1Cl. The molecule has 0 saturated heterocycles. The number of amides is 1. The number of benzene rings is 1. The van der Waals surface area contributed by atoms with Gasteiger partial charge in [-0.1, -0.05) is 17.7 Å². The first-order valence-corrected chi connectivity index (χ1v) is 6.21. The summed E-state index contributed by atoms with van der Waals surface area (Å²) in [6, 6.07) is 4.99. The first-order valence-electron chi connectivity index (χ1n) is 5.83. The fourth-order valence-corrected chi connectivity index (χ4v) is 1.87. The molecule has 100 valence electrons. The fourth-order valence-electron chi connectivity index (χ4n) is 1.60. The van der Waals surface area contributed by atoms with Crippen LogP contribution in [-0.4, -0.2) is 24.7 Å². The molecule has 0 aromatic heterocycles. The first kappa shape index (κ1) is 14.8. The molecule has 0 heterocycles. The molecule has 3 N–H and O–H groups in total. The van der Waals surface area contributed by atoms with Gasteiger partial charge in [0, 0.05) is 18.8 Å². The molecule has 1 rings (SSSR count). The highest BCUT2D eigenvalue weighted by Crippen LogP contribution is 2.21. The summed E-state index contributed by atoms with van der Waals surface area (Å²) in [7, 11) is 0. The lowest BCUT2D eigenvalue weighted by Gasteiger charge is -2.25. The Balaban J connectivity index is 2.72. The molecule has 0 radical (unpaired) electrons. The normalized spacial score (nSPS) is 11.3. The predicted molar refractivity (Wildman–Crippen MR) is 73.9 cm³/mol. The lowest BCUT2D eigenvalue weighted by Crippen LogP contribution is -2.40. The topological polar surface area (TPSA) is 64.3 Å². The van der Waals surface area contributed by atoms with Crippen molar-refractivity contribution in [1.82, 2.24) is 5.32 Å². The highest BCUT2D eigenvalue weighted by molar-refractivity contribution is 6.34. The Bertz CT molecular complexity index is 413. The summed E-state index contributed by atoms with van der Waals surface area (Å²) in [4.78, 5) is 12.0. The van der Waals surface area contributed by atoms with Crippen LogP contribution in [0.1, 0.15) is 31.1 Å². The Hall–Kier alpha value is -1.26.